The lowest BCUT2D eigenvalue weighted by molar-refractivity contribution is -0.162. The standard InChI is InChI=1S/C58H44O5/c59-55(51(45-29-13-3-14-30-45)41-43-25-9-1-10-26-43)61-53-54(62-56(60)52(46-31-15-4-16-32-46)42-44-27-11-2-12-28-44)58(49-37-21-7-22-38-49,50-39-23-8-24-40-50)63-57(53,47-33-17-5-18-34-47)48-35-19-6-20-36-48/h1-42,53-54H/b51-41+,52-42+/t53-,54-/m1/s1. The van der Waals surface area contributed by atoms with Gasteiger partial charge in [-0.15, -0.1) is 0 Å². The van der Waals surface area contributed by atoms with E-state index in [0.29, 0.717) is 44.5 Å². The highest BCUT2D eigenvalue weighted by atomic mass is 16.7. The molecule has 5 heteroatoms. The van der Waals surface area contributed by atoms with Crippen LogP contribution in [-0.4, -0.2) is 24.1 Å². The maximum atomic E-state index is 15.5. The van der Waals surface area contributed by atoms with Crippen LogP contribution in [0.5, 0.6) is 0 Å². The first-order valence-corrected chi connectivity index (χ1v) is 21.0. The van der Waals surface area contributed by atoms with E-state index in [-0.39, 0.29) is 0 Å². The van der Waals surface area contributed by atoms with Gasteiger partial charge in [0.15, 0.2) is 23.4 Å². The Hall–Kier alpha value is -7.86. The molecule has 306 valence electrons. The van der Waals surface area contributed by atoms with Gasteiger partial charge in [0.1, 0.15) is 0 Å². The Kier molecular flexibility index (Phi) is 11.8. The fraction of sp³-hybridized carbons (Fsp3) is 0.0690. The van der Waals surface area contributed by atoms with Crippen molar-refractivity contribution in [3.63, 3.8) is 0 Å². The third-order valence-electron chi connectivity index (χ3n) is 11.5. The summed E-state index contributed by atoms with van der Waals surface area (Å²) in [5.74, 6) is -1.23. The summed E-state index contributed by atoms with van der Waals surface area (Å²) >= 11 is 0. The van der Waals surface area contributed by atoms with Gasteiger partial charge in [-0.05, 0) is 56.7 Å². The van der Waals surface area contributed by atoms with Crippen LogP contribution in [0.2, 0.25) is 0 Å². The highest BCUT2D eigenvalue weighted by Crippen LogP contribution is 2.58. The molecule has 0 unspecified atom stereocenters. The van der Waals surface area contributed by atoms with Gasteiger partial charge in [-0.25, -0.2) is 9.59 Å². The van der Waals surface area contributed by atoms with Gasteiger partial charge in [0.05, 0.1) is 11.1 Å². The molecule has 1 fully saturated rings. The number of rotatable bonds is 12. The summed E-state index contributed by atoms with van der Waals surface area (Å²) < 4.78 is 22.1. The van der Waals surface area contributed by atoms with E-state index in [1.807, 2.05) is 255 Å². The fourth-order valence-corrected chi connectivity index (χ4v) is 8.60. The number of carbonyl (C=O) groups excluding carboxylic acids is 2. The third-order valence-corrected chi connectivity index (χ3v) is 11.5. The summed E-state index contributed by atoms with van der Waals surface area (Å²) in [7, 11) is 0. The summed E-state index contributed by atoms with van der Waals surface area (Å²) in [5.41, 5.74) is 3.37. The molecular weight excluding hydrogens is 777 g/mol. The summed E-state index contributed by atoms with van der Waals surface area (Å²) in [4.78, 5) is 30.9. The van der Waals surface area contributed by atoms with Crippen LogP contribution in [0.3, 0.4) is 0 Å². The van der Waals surface area contributed by atoms with E-state index in [2.05, 4.69) is 0 Å². The molecule has 8 aromatic carbocycles. The first kappa shape index (κ1) is 40.5. The molecule has 0 amide bonds. The van der Waals surface area contributed by atoms with Crippen molar-refractivity contribution in [3.05, 3.63) is 287 Å². The van der Waals surface area contributed by atoms with Gasteiger partial charge in [-0.2, -0.15) is 0 Å². The molecule has 5 nitrogen and oxygen atoms in total. The molecule has 2 atom stereocenters. The molecule has 9 rings (SSSR count). The predicted molar refractivity (Wildman–Crippen MR) is 250 cm³/mol. The Morgan fingerprint density at radius 1 is 0.349 bits per heavy atom. The number of hydrogen-bond acceptors (Lipinski definition) is 5. The Balaban J connectivity index is 1.33. The second-order valence-corrected chi connectivity index (χ2v) is 15.4. The summed E-state index contributed by atoms with van der Waals surface area (Å²) in [6.07, 6.45) is 1.10. The number of carbonyl (C=O) groups is 2. The molecule has 0 N–H and O–H groups in total. The Morgan fingerprint density at radius 2 is 0.587 bits per heavy atom. The molecule has 1 heterocycles. The number of benzene rings is 8. The van der Waals surface area contributed by atoms with Gasteiger partial charge >= 0.3 is 11.9 Å². The lowest BCUT2D eigenvalue weighted by Crippen LogP contribution is -2.48. The van der Waals surface area contributed by atoms with Crippen LogP contribution < -0.4 is 0 Å². The summed E-state index contributed by atoms with van der Waals surface area (Å²) in [6.45, 7) is 0. The van der Waals surface area contributed by atoms with Gasteiger partial charge in [-0.1, -0.05) is 243 Å². The van der Waals surface area contributed by atoms with Crippen LogP contribution in [0, 0.1) is 0 Å². The average Bonchev–Trinajstić information content (AvgIpc) is 3.65. The molecule has 1 aliphatic rings. The van der Waals surface area contributed by atoms with Crippen LogP contribution in [0.1, 0.15) is 44.5 Å². The molecule has 0 spiro atoms. The Bertz CT molecular complexity index is 2530. The normalized spacial score (nSPS) is 16.8. The van der Waals surface area contributed by atoms with E-state index in [9.17, 15) is 0 Å². The predicted octanol–water partition coefficient (Wildman–Crippen LogP) is 12.2. The van der Waals surface area contributed by atoms with Crippen LogP contribution in [0.15, 0.2) is 243 Å². The molecule has 0 aliphatic carbocycles. The maximum Gasteiger partial charge on any atom is 0.339 e. The van der Waals surface area contributed by atoms with E-state index in [1.165, 1.54) is 0 Å². The van der Waals surface area contributed by atoms with Crippen molar-refractivity contribution >= 4 is 35.2 Å². The van der Waals surface area contributed by atoms with E-state index < -0.39 is 35.3 Å². The molecule has 1 aliphatic heterocycles. The van der Waals surface area contributed by atoms with E-state index in [0.717, 1.165) is 11.1 Å². The monoisotopic (exact) mass is 820 g/mol. The van der Waals surface area contributed by atoms with Gasteiger partial charge in [0, 0.05) is 0 Å². The highest BCUT2D eigenvalue weighted by Gasteiger charge is 2.69. The van der Waals surface area contributed by atoms with E-state index >= 15 is 9.59 Å². The third kappa shape index (κ3) is 8.18. The SMILES string of the molecule is O=C(O[C@@H]1[C@@H](OC(=O)/C(=C/c2ccccc2)c2ccccc2)C(c2ccccc2)(c2ccccc2)OC1(c1ccccc1)c1ccccc1)/C(=C/c1ccccc1)c1ccccc1. The molecule has 0 bridgehead atoms. The van der Waals surface area contributed by atoms with Gasteiger partial charge < -0.3 is 14.2 Å². The minimum absolute atomic E-state index is 0.327. The van der Waals surface area contributed by atoms with E-state index in [1.54, 1.807) is 0 Å². The minimum atomic E-state index is -1.54. The summed E-state index contributed by atoms with van der Waals surface area (Å²) in [5, 5.41) is 0. The molecule has 0 aromatic heterocycles. The number of hydrogen-bond donors (Lipinski definition) is 0. The number of esters is 2. The molecule has 63 heavy (non-hydrogen) atoms. The second-order valence-electron chi connectivity index (χ2n) is 15.4. The topological polar surface area (TPSA) is 61.8 Å². The zero-order valence-corrected chi connectivity index (χ0v) is 34.4. The van der Waals surface area contributed by atoms with Crippen LogP contribution in [-0.2, 0) is 35.0 Å². The zero-order chi connectivity index (χ0) is 42.9. The quantitative estimate of drug-likeness (QED) is 0.0698. The van der Waals surface area contributed by atoms with E-state index in [4.69, 9.17) is 14.2 Å². The largest absolute Gasteiger partial charge is 0.451 e. The van der Waals surface area contributed by atoms with Crippen molar-refractivity contribution < 1.29 is 23.8 Å². The Labute approximate surface area is 368 Å². The van der Waals surface area contributed by atoms with Gasteiger partial charge in [-0.3, -0.25) is 0 Å². The van der Waals surface area contributed by atoms with Crippen molar-refractivity contribution in [1.29, 1.82) is 0 Å². The molecular formula is C58H44O5. The van der Waals surface area contributed by atoms with Crippen molar-refractivity contribution in [2.45, 2.75) is 23.4 Å². The van der Waals surface area contributed by atoms with Gasteiger partial charge in [0.25, 0.3) is 0 Å². The lowest BCUT2D eigenvalue weighted by Gasteiger charge is -2.37. The minimum Gasteiger partial charge on any atom is -0.451 e. The highest BCUT2D eigenvalue weighted by molar-refractivity contribution is 6.22. The van der Waals surface area contributed by atoms with Crippen molar-refractivity contribution in [2.24, 2.45) is 0 Å². The average molecular weight is 821 g/mol. The molecule has 0 saturated carbocycles. The molecule has 8 aromatic rings. The lowest BCUT2D eigenvalue weighted by atomic mass is 9.76. The van der Waals surface area contributed by atoms with Crippen LogP contribution in [0.4, 0.5) is 0 Å². The van der Waals surface area contributed by atoms with Crippen LogP contribution in [0.25, 0.3) is 23.3 Å². The number of ether oxygens (including phenoxy) is 3. The van der Waals surface area contributed by atoms with Crippen LogP contribution >= 0.6 is 0 Å². The summed E-state index contributed by atoms with van der Waals surface area (Å²) in [6, 6.07) is 77.3. The Morgan fingerprint density at radius 3 is 0.857 bits per heavy atom. The maximum absolute atomic E-state index is 15.5. The first-order valence-electron chi connectivity index (χ1n) is 21.0. The second kappa shape index (κ2) is 18.4. The fourth-order valence-electron chi connectivity index (χ4n) is 8.60. The first-order chi connectivity index (χ1) is 31.1. The van der Waals surface area contributed by atoms with Crippen molar-refractivity contribution in [3.8, 4) is 0 Å². The molecule has 1 saturated heterocycles. The van der Waals surface area contributed by atoms with Crippen molar-refractivity contribution in [1.82, 2.24) is 0 Å². The van der Waals surface area contributed by atoms with Crippen molar-refractivity contribution in [2.75, 3.05) is 0 Å². The zero-order valence-electron chi connectivity index (χ0n) is 34.4. The van der Waals surface area contributed by atoms with Gasteiger partial charge in [0.2, 0.25) is 0 Å². The molecule has 0 radical (unpaired) electrons. The smallest absolute Gasteiger partial charge is 0.339 e.